The third-order valence-corrected chi connectivity index (χ3v) is 5.93. The molecule has 0 aliphatic carbocycles. The third kappa shape index (κ3) is 9.73. The molecule has 0 saturated carbocycles. The van der Waals surface area contributed by atoms with Crippen molar-refractivity contribution in [2.75, 3.05) is 27.4 Å². The minimum Gasteiger partial charge on any atom is -0.398 e. The van der Waals surface area contributed by atoms with Gasteiger partial charge in [0.05, 0.1) is 6.61 Å². The molecule has 1 radical (unpaired) electrons. The van der Waals surface area contributed by atoms with Crippen LogP contribution in [0.25, 0.3) is 0 Å². The fourth-order valence-electron chi connectivity index (χ4n) is 1.32. The van der Waals surface area contributed by atoms with Crippen molar-refractivity contribution in [3.63, 3.8) is 0 Å². The van der Waals surface area contributed by atoms with Crippen LogP contribution in [-0.4, -0.2) is 42.1 Å². The lowest BCUT2D eigenvalue weighted by atomic mass is 10.2. The van der Waals surface area contributed by atoms with Crippen molar-refractivity contribution in [3.05, 3.63) is 0 Å². The van der Waals surface area contributed by atoms with Gasteiger partial charge in [-0.05, 0) is 12.6 Å². The zero-order chi connectivity index (χ0) is 13.1. The maximum atomic E-state index is 9.57. The molecule has 1 aliphatic rings. The first-order chi connectivity index (χ1) is 8.11. The lowest BCUT2D eigenvalue weighted by Crippen LogP contribution is -2.35. The number of unbranched alkanes of at least 4 members (excludes halogenated alkanes) is 3. The molecule has 1 unspecified atom stereocenters. The SMILES string of the molecule is CCCCCC[Si](C)(OC)OC.[O]CC1CO1. The molecule has 5 heteroatoms. The van der Waals surface area contributed by atoms with Gasteiger partial charge < -0.3 is 13.6 Å². The molecule has 0 bridgehead atoms. The van der Waals surface area contributed by atoms with Crippen LogP contribution in [0, 0.1) is 0 Å². The first kappa shape index (κ1) is 17.1. The minimum absolute atomic E-state index is 0.0556. The van der Waals surface area contributed by atoms with Gasteiger partial charge in [0.2, 0.25) is 0 Å². The molecule has 1 heterocycles. The summed E-state index contributed by atoms with van der Waals surface area (Å²) in [6.45, 7) is 4.99. The Hall–Kier alpha value is 0.0569. The summed E-state index contributed by atoms with van der Waals surface area (Å²) in [7, 11) is 1.77. The minimum atomic E-state index is -1.75. The van der Waals surface area contributed by atoms with Crippen molar-refractivity contribution in [2.45, 2.75) is 51.3 Å². The molecule has 4 nitrogen and oxygen atoms in total. The fraction of sp³-hybridized carbons (Fsp3) is 1.00. The average Bonchev–Trinajstić information content (AvgIpc) is 3.19. The van der Waals surface area contributed by atoms with Crippen LogP contribution in [0.3, 0.4) is 0 Å². The highest BCUT2D eigenvalue weighted by Gasteiger charge is 2.27. The molecular weight excluding hydrogens is 236 g/mol. The summed E-state index contributed by atoms with van der Waals surface area (Å²) >= 11 is 0. The van der Waals surface area contributed by atoms with Crippen molar-refractivity contribution >= 4 is 8.56 Å². The predicted octanol–water partition coefficient (Wildman–Crippen LogP) is 2.75. The molecule has 0 N–H and O–H groups in total. The Morgan fingerprint density at radius 1 is 1.24 bits per heavy atom. The van der Waals surface area contributed by atoms with Crippen molar-refractivity contribution < 1.29 is 18.7 Å². The summed E-state index contributed by atoms with van der Waals surface area (Å²) in [4.78, 5) is 0. The van der Waals surface area contributed by atoms with Gasteiger partial charge in [-0.15, -0.1) is 0 Å². The van der Waals surface area contributed by atoms with Gasteiger partial charge in [0.15, 0.2) is 0 Å². The Kier molecular flexibility index (Phi) is 10.1. The van der Waals surface area contributed by atoms with Crippen LogP contribution in [0.1, 0.15) is 32.6 Å². The monoisotopic (exact) mass is 263 g/mol. The lowest BCUT2D eigenvalue weighted by molar-refractivity contribution is 0.164. The van der Waals surface area contributed by atoms with Crippen LogP contribution in [0.5, 0.6) is 0 Å². The van der Waals surface area contributed by atoms with Crippen LogP contribution in [0.4, 0.5) is 0 Å². The van der Waals surface area contributed by atoms with E-state index in [9.17, 15) is 5.11 Å². The highest BCUT2D eigenvalue weighted by Crippen LogP contribution is 2.16. The summed E-state index contributed by atoms with van der Waals surface area (Å²) < 4.78 is 15.3. The van der Waals surface area contributed by atoms with Gasteiger partial charge in [-0.2, -0.15) is 0 Å². The molecule has 0 amide bonds. The number of hydrogen-bond donors (Lipinski definition) is 0. The summed E-state index contributed by atoms with van der Waals surface area (Å²) in [6.07, 6.45) is 5.26. The number of epoxide rings is 1. The summed E-state index contributed by atoms with van der Waals surface area (Å²) in [5.41, 5.74) is 0. The first-order valence-electron chi connectivity index (χ1n) is 6.41. The van der Waals surface area contributed by atoms with Gasteiger partial charge in [-0.25, -0.2) is 5.11 Å². The first-order valence-corrected chi connectivity index (χ1v) is 8.94. The summed E-state index contributed by atoms with van der Waals surface area (Å²) in [5, 5.41) is 9.57. The second kappa shape index (κ2) is 10.0. The van der Waals surface area contributed by atoms with E-state index >= 15 is 0 Å². The second-order valence-electron chi connectivity index (χ2n) is 4.47. The molecule has 0 aromatic rings. The highest BCUT2D eigenvalue weighted by atomic mass is 28.4. The molecule has 1 aliphatic heterocycles. The Bertz CT molecular complexity index is 170. The largest absolute Gasteiger partial charge is 0.398 e. The van der Waals surface area contributed by atoms with E-state index in [1.807, 2.05) is 0 Å². The second-order valence-corrected chi connectivity index (χ2v) is 8.06. The standard InChI is InChI=1S/C9H22O2Si.C3H5O2/c1-5-6-7-8-9-12(4,10-2)11-3;4-1-3-2-5-3/h5-9H2,1-4H3;3H,1-2H2. The van der Waals surface area contributed by atoms with E-state index in [1.165, 1.54) is 25.7 Å². The lowest BCUT2D eigenvalue weighted by Gasteiger charge is -2.22. The maximum Gasteiger partial charge on any atom is 0.334 e. The van der Waals surface area contributed by atoms with E-state index in [1.54, 1.807) is 14.2 Å². The van der Waals surface area contributed by atoms with Gasteiger partial charge in [-0.3, -0.25) is 0 Å². The maximum absolute atomic E-state index is 9.57. The molecule has 17 heavy (non-hydrogen) atoms. The molecule has 1 atom stereocenters. The predicted molar refractivity (Wildman–Crippen MR) is 69.9 cm³/mol. The smallest absolute Gasteiger partial charge is 0.334 e. The van der Waals surface area contributed by atoms with E-state index < -0.39 is 8.56 Å². The number of rotatable bonds is 8. The average molecular weight is 263 g/mol. The molecule has 0 aromatic carbocycles. The number of ether oxygens (including phenoxy) is 1. The molecule has 0 spiro atoms. The van der Waals surface area contributed by atoms with Crippen LogP contribution in [0.2, 0.25) is 12.6 Å². The molecule has 1 fully saturated rings. The summed E-state index contributed by atoms with van der Waals surface area (Å²) in [6, 6.07) is 1.12. The van der Waals surface area contributed by atoms with Crippen molar-refractivity contribution in [1.82, 2.24) is 0 Å². The van der Waals surface area contributed by atoms with Gasteiger partial charge in [-0.1, -0.05) is 32.6 Å². The Morgan fingerprint density at radius 3 is 2.12 bits per heavy atom. The van der Waals surface area contributed by atoms with Crippen molar-refractivity contribution in [2.24, 2.45) is 0 Å². The topological polar surface area (TPSA) is 50.9 Å². The summed E-state index contributed by atoms with van der Waals surface area (Å²) in [5.74, 6) is 0. The van der Waals surface area contributed by atoms with E-state index in [0.717, 1.165) is 6.04 Å². The van der Waals surface area contributed by atoms with E-state index in [2.05, 4.69) is 18.2 Å². The van der Waals surface area contributed by atoms with E-state index in [0.29, 0.717) is 6.61 Å². The van der Waals surface area contributed by atoms with E-state index in [4.69, 9.17) is 8.85 Å². The molecule has 103 valence electrons. The van der Waals surface area contributed by atoms with Crippen molar-refractivity contribution in [3.8, 4) is 0 Å². The van der Waals surface area contributed by atoms with Gasteiger partial charge in [0.25, 0.3) is 0 Å². The van der Waals surface area contributed by atoms with Crippen LogP contribution in [0.15, 0.2) is 0 Å². The van der Waals surface area contributed by atoms with Crippen LogP contribution in [-0.2, 0) is 18.7 Å². The molecule has 0 aromatic heterocycles. The Morgan fingerprint density at radius 2 is 1.82 bits per heavy atom. The zero-order valence-electron chi connectivity index (χ0n) is 11.7. The highest BCUT2D eigenvalue weighted by molar-refractivity contribution is 6.65. The van der Waals surface area contributed by atoms with Crippen molar-refractivity contribution in [1.29, 1.82) is 0 Å². The third-order valence-electron chi connectivity index (χ3n) is 2.94. The fourth-order valence-corrected chi connectivity index (χ4v) is 2.79. The molecular formula is C12H27O4Si. The molecule has 1 saturated heterocycles. The zero-order valence-corrected chi connectivity index (χ0v) is 12.7. The normalized spacial score (nSPS) is 18.5. The van der Waals surface area contributed by atoms with Gasteiger partial charge in [0.1, 0.15) is 12.7 Å². The number of hydrogen-bond acceptors (Lipinski definition) is 3. The molecule has 1 rings (SSSR count). The van der Waals surface area contributed by atoms with Crippen LogP contribution < -0.4 is 0 Å². The Labute approximate surface area is 107 Å². The Balaban J connectivity index is 0.000000419. The van der Waals surface area contributed by atoms with Gasteiger partial charge in [0, 0.05) is 14.2 Å². The van der Waals surface area contributed by atoms with Gasteiger partial charge >= 0.3 is 8.56 Å². The van der Waals surface area contributed by atoms with Crippen LogP contribution >= 0.6 is 0 Å². The van der Waals surface area contributed by atoms with E-state index in [-0.39, 0.29) is 12.7 Å². The quantitative estimate of drug-likeness (QED) is 0.384.